The van der Waals surface area contributed by atoms with Gasteiger partial charge in [-0.15, -0.1) is 0 Å². The van der Waals surface area contributed by atoms with Crippen molar-refractivity contribution in [2.45, 2.75) is 23.7 Å². The number of sulfone groups is 1. The molecule has 134 valence electrons. The summed E-state index contributed by atoms with van der Waals surface area (Å²) in [5.74, 6) is -0.585. The molecule has 5 nitrogen and oxygen atoms in total. The van der Waals surface area contributed by atoms with Crippen LogP contribution in [0.2, 0.25) is 0 Å². The van der Waals surface area contributed by atoms with E-state index in [2.05, 4.69) is 5.32 Å². The first kappa shape index (κ1) is 16.8. The summed E-state index contributed by atoms with van der Waals surface area (Å²) < 4.78 is 44.4. The summed E-state index contributed by atoms with van der Waals surface area (Å²) in [6.45, 7) is 0. The second kappa shape index (κ2) is 5.95. The summed E-state index contributed by atoms with van der Waals surface area (Å²) in [4.78, 5) is 12.2. The standard InChI is InChI=1S/C19H16FNO4S/c1-25-14-4-2-3-11(7-14)12-8-16-19(17(22)9-12)26(23,24)18-10-13(20)5-6-15(18)21-16/h2-7,10,12,21H,8-9H2,1H3. The molecule has 1 aliphatic heterocycles. The molecule has 0 fully saturated rings. The summed E-state index contributed by atoms with van der Waals surface area (Å²) in [5.41, 5.74) is 1.57. The third-order valence-electron chi connectivity index (χ3n) is 4.76. The van der Waals surface area contributed by atoms with Gasteiger partial charge in [0, 0.05) is 12.1 Å². The quantitative estimate of drug-likeness (QED) is 0.874. The molecular weight excluding hydrogens is 357 g/mol. The van der Waals surface area contributed by atoms with E-state index in [0.717, 1.165) is 11.6 Å². The van der Waals surface area contributed by atoms with Gasteiger partial charge in [-0.2, -0.15) is 0 Å². The molecule has 2 aromatic rings. The number of carbonyl (C=O) groups excluding carboxylic acids is 1. The number of Topliss-reactive ketones (excluding diaryl/α,β-unsaturated/α-hetero) is 1. The van der Waals surface area contributed by atoms with Crippen molar-refractivity contribution in [3.8, 4) is 5.75 Å². The predicted molar refractivity (Wildman–Crippen MR) is 94.2 cm³/mol. The van der Waals surface area contributed by atoms with Crippen LogP contribution in [0.15, 0.2) is 58.0 Å². The van der Waals surface area contributed by atoms with Gasteiger partial charge in [0.05, 0.1) is 17.7 Å². The molecule has 0 bridgehead atoms. The molecule has 2 aliphatic rings. The molecule has 1 unspecified atom stereocenters. The number of ether oxygens (including phenoxy) is 1. The van der Waals surface area contributed by atoms with Crippen LogP contribution in [0.4, 0.5) is 10.1 Å². The van der Waals surface area contributed by atoms with E-state index < -0.39 is 21.4 Å². The highest BCUT2D eigenvalue weighted by molar-refractivity contribution is 7.96. The van der Waals surface area contributed by atoms with Crippen molar-refractivity contribution in [2.24, 2.45) is 0 Å². The van der Waals surface area contributed by atoms with Crippen molar-refractivity contribution in [1.82, 2.24) is 0 Å². The molecule has 26 heavy (non-hydrogen) atoms. The molecule has 1 atom stereocenters. The first-order valence-corrected chi connectivity index (χ1v) is 9.60. The number of ketones is 1. The van der Waals surface area contributed by atoms with Crippen molar-refractivity contribution in [3.05, 3.63) is 64.4 Å². The second-order valence-corrected chi connectivity index (χ2v) is 8.24. The molecule has 1 aliphatic carbocycles. The Hall–Kier alpha value is -2.67. The third-order valence-corrected chi connectivity index (χ3v) is 6.69. The first-order valence-electron chi connectivity index (χ1n) is 8.12. The van der Waals surface area contributed by atoms with E-state index in [4.69, 9.17) is 4.74 Å². The summed E-state index contributed by atoms with van der Waals surface area (Å²) in [6, 6.07) is 10.9. The van der Waals surface area contributed by atoms with Crippen molar-refractivity contribution >= 4 is 21.3 Å². The SMILES string of the molecule is COc1cccc(C2CC(=O)C3=C(C2)Nc2ccc(F)cc2S3(=O)=O)c1. The zero-order valence-electron chi connectivity index (χ0n) is 14.0. The van der Waals surface area contributed by atoms with Crippen molar-refractivity contribution in [2.75, 3.05) is 12.4 Å². The highest BCUT2D eigenvalue weighted by Gasteiger charge is 2.41. The average molecular weight is 373 g/mol. The number of methoxy groups -OCH3 is 1. The lowest BCUT2D eigenvalue weighted by Crippen LogP contribution is -2.30. The van der Waals surface area contributed by atoms with Crippen LogP contribution in [0, 0.1) is 5.82 Å². The first-order chi connectivity index (χ1) is 12.4. The van der Waals surface area contributed by atoms with Crippen LogP contribution >= 0.6 is 0 Å². The van der Waals surface area contributed by atoms with E-state index in [1.54, 1.807) is 7.11 Å². The zero-order valence-corrected chi connectivity index (χ0v) is 14.8. The normalized spacial score (nSPS) is 20.8. The molecule has 0 amide bonds. The third kappa shape index (κ3) is 2.59. The average Bonchev–Trinajstić information content (AvgIpc) is 2.62. The van der Waals surface area contributed by atoms with Crippen LogP contribution in [0.25, 0.3) is 0 Å². The van der Waals surface area contributed by atoms with E-state index in [-0.39, 0.29) is 22.1 Å². The summed E-state index contributed by atoms with van der Waals surface area (Å²) in [5, 5.41) is 3.02. The topological polar surface area (TPSA) is 72.5 Å². The zero-order chi connectivity index (χ0) is 18.5. The Morgan fingerprint density at radius 3 is 2.73 bits per heavy atom. The Labute approximate surface area is 150 Å². The number of halogens is 1. The maximum absolute atomic E-state index is 13.5. The van der Waals surface area contributed by atoms with Crippen LogP contribution in [-0.4, -0.2) is 21.3 Å². The Balaban J connectivity index is 1.77. The lowest BCUT2D eigenvalue weighted by Gasteiger charge is -2.31. The molecule has 2 aromatic carbocycles. The van der Waals surface area contributed by atoms with Crippen molar-refractivity contribution in [1.29, 1.82) is 0 Å². The molecule has 7 heteroatoms. The highest BCUT2D eigenvalue weighted by atomic mass is 32.2. The maximum Gasteiger partial charge on any atom is 0.213 e. The molecule has 0 spiro atoms. The van der Waals surface area contributed by atoms with Gasteiger partial charge in [0.1, 0.15) is 16.5 Å². The molecule has 0 saturated carbocycles. The van der Waals surface area contributed by atoms with Gasteiger partial charge in [-0.05, 0) is 48.2 Å². The number of carbonyl (C=O) groups is 1. The Bertz CT molecular complexity index is 1060. The van der Waals surface area contributed by atoms with Crippen LogP contribution in [0.5, 0.6) is 5.75 Å². The summed E-state index contributed by atoms with van der Waals surface area (Å²) in [7, 11) is -2.46. The number of allylic oxidation sites excluding steroid dienone is 2. The molecule has 0 aromatic heterocycles. The second-order valence-electron chi connectivity index (χ2n) is 6.38. The van der Waals surface area contributed by atoms with Gasteiger partial charge in [-0.25, -0.2) is 12.8 Å². The van der Waals surface area contributed by atoms with Gasteiger partial charge in [-0.1, -0.05) is 12.1 Å². The molecule has 1 N–H and O–H groups in total. The van der Waals surface area contributed by atoms with E-state index in [9.17, 15) is 17.6 Å². The van der Waals surface area contributed by atoms with Gasteiger partial charge in [0.2, 0.25) is 9.84 Å². The van der Waals surface area contributed by atoms with Gasteiger partial charge in [0.15, 0.2) is 5.78 Å². The number of fused-ring (bicyclic) bond motifs is 1. The largest absolute Gasteiger partial charge is 0.497 e. The highest BCUT2D eigenvalue weighted by Crippen LogP contribution is 2.43. The van der Waals surface area contributed by atoms with Gasteiger partial charge in [-0.3, -0.25) is 4.79 Å². The van der Waals surface area contributed by atoms with Crippen LogP contribution in [0.1, 0.15) is 24.3 Å². The summed E-state index contributed by atoms with van der Waals surface area (Å²) >= 11 is 0. The number of anilines is 1. The lowest BCUT2D eigenvalue weighted by atomic mass is 9.85. The Kier molecular flexibility index (Phi) is 3.84. The van der Waals surface area contributed by atoms with Crippen molar-refractivity contribution < 1.29 is 22.3 Å². The molecular formula is C19H16FNO4S. The van der Waals surface area contributed by atoms with E-state index in [0.29, 0.717) is 23.6 Å². The van der Waals surface area contributed by atoms with Crippen molar-refractivity contribution in [3.63, 3.8) is 0 Å². The molecule has 0 saturated heterocycles. The lowest BCUT2D eigenvalue weighted by molar-refractivity contribution is -0.115. The minimum absolute atomic E-state index is 0.0809. The fourth-order valence-corrected chi connectivity index (χ4v) is 5.28. The number of nitrogens with one attached hydrogen (secondary N) is 1. The van der Waals surface area contributed by atoms with E-state index in [1.165, 1.54) is 12.1 Å². The minimum atomic E-state index is -4.03. The predicted octanol–water partition coefficient (Wildman–Crippen LogP) is 3.39. The van der Waals surface area contributed by atoms with Crippen LogP contribution in [-0.2, 0) is 14.6 Å². The molecule has 4 rings (SSSR count). The number of hydrogen-bond donors (Lipinski definition) is 1. The molecule has 1 heterocycles. The minimum Gasteiger partial charge on any atom is -0.497 e. The van der Waals surface area contributed by atoms with Gasteiger partial charge < -0.3 is 10.1 Å². The van der Waals surface area contributed by atoms with Crippen LogP contribution in [0.3, 0.4) is 0 Å². The monoisotopic (exact) mass is 373 g/mol. The smallest absolute Gasteiger partial charge is 0.213 e. The number of benzene rings is 2. The van der Waals surface area contributed by atoms with Gasteiger partial charge >= 0.3 is 0 Å². The van der Waals surface area contributed by atoms with E-state index >= 15 is 0 Å². The van der Waals surface area contributed by atoms with E-state index in [1.807, 2.05) is 24.3 Å². The number of hydrogen-bond acceptors (Lipinski definition) is 5. The Morgan fingerprint density at radius 1 is 1.15 bits per heavy atom. The fraction of sp³-hybridized carbons (Fsp3) is 0.211. The maximum atomic E-state index is 13.5. The fourth-order valence-electron chi connectivity index (χ4n) is 3.54. The summed E-state index contributed by atoms with van der Waals surface area (Å²) in [6.07, 6.45) is 0.460. The van der Waals surface area contributed by atoms with Crippen LogP contribution < -0.4 is 10.1 Å². The number of rotatable bonds is 2. The van der Waals surface area contributed by atoms with Gasteiger partial charge in [0.25, 0.3) is 0 Å². The molecule has 0 radical (unpaired) electrons. The Morgan fingerprint density at radius 2 is 1.96 bits per heavy atom.